The van der Waals surface area contributed by atoms with Crippen molar-refractivity contribution in [3.05, 3.63) is 48.0 Å². The van der Waals surface area contributed by atoms with Gasteiger partial charge in [0.25, 0.3) is 0 Å². The topological polar surface area (TPSA) is 35.5 Å². The van der Waals surface area contributed by atoms with Gasteiger partial charge < -0.3 is 9.16 Å². The fraction of sp³-hybridized carbons (Fsp3) is 0.609. The zero-order valence-corrected chi connectivity index (χ0v) is 19.1. The Morgan fingerprint density at radius 3 is 2.41 bits per heavy atom. The lowest BCUT2D eigenvalue weighted by Crippen LogP contribution is -2.43. The van der Waals surface area contributed by atoms with Crippen molar-refractivity contribution >= 4 is 14.3 Å². The highest BCUT2D eigenvalue weighted by molar-refractivity contribution is 6.74. The van der Waals surface area contributed by atoms with E-state index in [0.29, 0.717) is 6.61 Å². The number of unbranched alkanes of at least 4 members (excludes halogenated alkanes) is 1. The molecule has 0 heterocycles. The molecule has 0 bridgehead atoms. The molecule has 0 spiro atoms. The van der Waals surface area contributed by atoms with Crippen LogP contribution in [0.3, 0.4) is 0 Å². The smallest absolute Gasteiger partial charge is 0.330 e. The van der Waals surface area contributed by atoms with Gasteiger partial charge in [0.05, 0.1) is 6.61 Å². The van der Waals surface area contributed by atoms with Crippen molar-refractivity contribution in [2.45, 2.75) is 84.0 Å². The van der Waals surface area contributed by atoms with Crippen molar-refractivity contribution in [2.24, 2.45) is 0 Å². The van der Waals surface area contributed by atoms with Gasteiger partial charge in [0.2, 0.25) is 0 Å². The van der Waals surface area contributed by atoms with Crippen molar-refractivity contribution in [3.8, 4) is 0 Å². The maximum Gasteiger partial charge on any atom is 0.330 e. The van der Waals surface area contributed by atoms with Gasteiger partial charge in [0.1, 0.15) is 0 Å². The van der Waals surface area contributed by atoms with Gasteiger partial charge >= 0.3 is 5.97 Å². The molecule has 0 radical (unpaired) electrons. The molecule has 0 saturated carbocycles. The van der Waals surface area contributed by atoms with Crippen LogP contribution in [0.1, 0.15) is 58.9 Å². The third-order valence-corrected chi connectivity index (χ3v) is 9.83. The first-order valence-corrected chi connectivity index (χ1v) is 13.1. The fourth-order valence-electron chi connectivity index (χ4n) is 2.67. The van der Waals surface area contributed by atoms with Crippen molar-refractivity contribution < 1.29 is 14.0 Å². The maximum absolute atomic E-state index is 11.5. The van der Waals surface area contributed by atoms with Crippen molar-refractivity contribution in [2.75, 3.05) is 6.61 Å². The molecule has 0 aliphatic rings. The highest BCUT2D eigenvalue weighted by Crippen LogP contribution is 2.38. The number of carbonyl (C=O) groups is 1. The molecule has 1 rings (SSSR count). The SMILES string of the molecule is CCOC(=O)/C=C/C[C@@H](CCCCc1ccccc1)O[Si](C)(C)C(C)(C)C. The summed E-state index contributed by atoms with van der Waals surface area (Å²) in [4.78, 5) is 11.5. The van der Waals surface area contributed by atoms with Crippen LogP contribution in [0, 0.1) is 0 Å². The van der Waals surface area contributed by atoms with Crippen LogP contribution in [-0.4, -0.2) is 27.0 Å². The van der Waals surface area contributed by atoms with Crippen molar-refractivity contribution in [3.63, 3.8) is 0 Å². The van der Waals surface area contributed by atoms with Gasteiger partial charge in [-0.2, -0.15) is 0 Å². The summed E-state index contributed by atoms with van der Waals surface area (Å²) < 4.78 is 11.6. The standard InChI is InChI=1S/C23H38O3Si/c1-7-25-22(24)19-13-18-21(26-27(5,6)23(2,3)4)17-12-11-16-20-14-9-8-10-15-20/h8-10,13-15,19,21H,7,11-12,16-18H2,1-6H3/b19-13+/t21-/m1/s1. The van der Waals surface area contributed by atoms with E-state index in [-0.39, 0.29) is 17.1 Å². The van der Waals surface area contributed by atoms with E-state index in [0.717, 1.165) is 32.1 Å². The Hall–Kier alpha value is -1.39. The first-order valence-electron chi connectivity index (χ1n) is 10.2. The van der Waals surface area contributed by atoms with Crippen molar-refractivity contribution in [1.29, 1.82) is 0 Å². The lowest BCUT2D eigenvalue weighted by molar-refractivity contribution is -0.137. The molecule has 0 N–H and O–H groups in total. The van der Waals surface area contributed by atoms with E-state index < -0.39 is 8.32 Å². The molecule has 1 aromatic rings. The van der Waals surface area contributed by atoms with E-state index in [1.807, 2.05) is 13.0 Å². The van der Waals surface area contributed by atoms with Crippen LogP contribution in [0.4, 0.5) is 0 Å². The molecule has 0 fully saturated rings. The molecular weight excluding hydrogens is 352 g/mol. The highest BCUT2D eigenvalue weighted by Gasteiger charge is 2.38. The Kier molecular flexibility index (Phi) is 10.0. The predicted octanol–water partition coefficient (Wildman–Crippen LogP) is 6.30. The molecule has 0 amide bonds. The molecule has 0 aliphatic carbocycles. The molecule has 0 saturated heterocycles. The number of hydrogen-bond acceptors (Lipinski definition) is 3. The van der Waals surface area contributed by atoms with Crippen LogP contribution < -0.4 is 0 Å². The second-order valence-corrected chi connectivity index (χ2v) is 13.4. The Balaban J connectivity index is 2.59. The van der Waals surface area contributed by atoms with Gasteiger partial charge in [-0.05, 0) is 56.3 Å². The first-order chi connectivity index (χ1) is 12.7. The van der Waals surface area contributed by atoms with Gasteiger partial charge in [-0.25, -0.2) is 4.79 Å². The zero-order valence-electron chi connectivity index (χ0n) is 18.1. The molecular formula is C23H38O3Si. The van der Waals surface area contributed by atoms with Gasteiger partial charge in [-0.1, -0.05) is 63.6 Å². The molecule has 4 heteroatoms. The Labute approximate surface area is 167 Å². The van der Waals surface area contributed by atoms with Crippen LogP contribution >= 0.6 is 0 Å². The van der Waals surface area contributed by atoms with E-state index in [4.69, 9.17) is 9.16 Å². The van der Waals surface area contributed by atoms with Gasteiger partial charge in [-0.3, -0.25) is 0 Å². The van der Waals surface area contributed by atoms with Crippen LogP contribution in [0.2, 0.25) is 18.1 Å². The Morgan fingerprint density at radius 1 is 1.15 bits per heavy atom. The zero-order chi connectivity index (χ0) is 20.3. The number of esters is 1. The van der Waals surface area contributed by atoms with E-state index in [1.165, 1.54) is 11.6 Å². The summed E-state index contributed by atoms with van der Waals surface area (Å²) in [6.07, 6.45) is 8.77. The summed E-state index contributed by atoms with van der Waals surface area (Å²) in [5, 5.41) is 0.181. The van der Waals surface area contributed by atoms with E-state index in [1.54, 1.807) is 0 Å². The minimum atomic E-state index is -1.83. The maximum atomic E-state index is 11.5. The lowest BCUT2D eigenvalue weighted by atomic mass is 10.0. The van der Waals surface area contributed by atoms with Crippen LogP contribution in [0.25, 0.3) is 0 Å². The number of aryl methyl sites for hydroxylation is 1. The summed E-state index contributed by atoms with van der Waals surface area (Å²) in [5.41, 5.74) is 1.39. The molecule has 0 aliphatic heterocycles. The molecule has 1 aromatic carbocycles. The summed E-state index contributed by atoms with van der Waals surface area (Å²) in [6, 6.07) is 10.6. The number of ether oxygens (including phenoxy) is 1. The third kappa shape index (κ3) is 9.38. The summed E-state index contributed by atoms with van der Waals surface area (Å²) >= 11 is 0. The number of carbonyl (C=O) groups excluding carboxylic acids is 1. The second-order valence-electron chi connectivity index (χ2n) is 8.62. The third-order valence-electron chi connectivity index (χ3n) is 5.29. The number of rotatable bonds is 11. The van der Waals surface area contributed by atoms with Gasteiger partial charge in [-0.15, -0.1) is 0 Å². The monoisotopic (exact) mass is 390 g/mol. The largest absolute Gasteiger partial charge is 0.463 e. The van der Waals surface area contributed by atoms with E-state index in [2.05, 4.69) is 64.2 Å². The van der Waals surface area contributed by atoms with E-state index in [9.17, 15) is 4.79 Å². The molecule has 27 heavy (non-hydrogen) atoms. The van der Waals surface area contributed by atoms with Crippen molar-refractivity contribution in [1.82, 2.24) is 0 Å². The summed E-state index contributed by atoms with van der Waals surface area (Å²) in [5.74, 6) is -0.271. The molecule has 0 aromatic heterocycles. The molecule has 3 nitrogen and oxygen atoms in total. The Bertz CT molecular complexity index is 573. The predicted molar refractivity (Wildman–Crippen MR) is 116 cm³/mol. The van der Waals surface area contributed by atoms with Gasteiger partial charge in [0, 0.05) is 12.2 Å². The number of benzene rings is 1. The Morgan fingerprint density at radius 2 is 1.81 bits per heavy atom. The van der Waals surface area contributed by atoms with E-state index >= 15 is 0 Å². The average Bonchev–Trinajstić information content (AvgIpc) is 2.58. The second kappa shape index (κ2) is 11.5. The van der Waals surface area contributed by atoms with Crippen LogP contribution in [0.5, 0.6) is 0 Å². The quantitative estimate of drug-likeness (QED) is 0.192. The average molecular weight is 391 g/mol. The number of hydrogen-bond donors (Lipinski definition) is 0. The lowest BCUT2D eigenvalue weighted by Gasteiger charge is -2.39. The first kappa shape index (κ1) is 23.6. The molecule has 1 atom stereocenters. The highest BCUT2D eigenvalue weighted by atomic mass is 28.4. The van der Waals surface area contributed by atoms with Crippen LogP contribution in [-0.2, 0) is 20.4 Å². The minimum Gasteiger partial charge on any atom is -0.463 e. The minimum absolute atomic E-state index is 0.160. The normalized spacial score (nSPS) is 13.7. The summed E-state index contributed by atoms with van der Waals surface area (Å²) in [7, 11) is -1.83. The molecule has 152 valence electrons. The van der Waals surface area contributed by atoms with Crippen LogP contribution in [0.15, 0.2) is 42.5 Å². The summed E-state index contributed by atoms with van der Waals surface area (Å²) in [6.45, 7) is 13.6. The molecule has 0 unspecified atom stereocenters. The fourth-order valence-corrected chi connectivity index (χ4v) is 4.07. The van der Waals surface area contributed by atoms with Gasteiger partial charge in [0.15, 0.2) is 8.32 Å².